The molecule has 162 valence electrons. The third-order valence-electron chi connectivity index (χ3n) is 5.41. The minimum absolute atomic E-state index is 0.145. The molecule has 0 atom stereocenters. The first-order chi connectivity index (χ1) is 14.5. The number of hydrogen-bond donors (Lipinski definition) is 1. The Labute approximate surface area is 179 Å². The summed E-state index contributed by atoms with van der Waals surface area (Å²) in [6.45, 7) is 1.18. The molecule has 1 N–H and O–H groups in total. The molecular weight excluding hydrogens is 400 g/mol. The van der Waals surface area contributed by atoms with Gasteiger partial charge in [0, 0.05) is 25.8 Å². The Kier molecular flexibility index (Phi) is 7.87. The zero-order valence-electron chi connectivity index (χ0n) is 17.4. The highest BCUT2D eigenvalue weighted by atomic mass is 32.2. The normalized spacial score (nSPS) is 15.0. The van der Waals surface area contributed by atoms with Gasteiger partial charge in [0.1, 0.15) is 0 Å². The van der Waals surface area contributed by atoms with Crippen LogP contribution in [0.4, 0.5) is 5.69 Å². The summed E-state index contributed by atoms with van der Waals surface area (Å²) in [5.41, 5.74) is 1.01. The lowest BCUT2D eigenvalue weighted by atomic mass is 9.98. The van der Waals surface area contributed by atoms with Crippen LogP contribution < -0.4 is 9.62 Å². The van der Waals surface area contributed by atoms with Gasteiger partial charge in [0.25, 0.3) is 15.9 Å². The molecule has 0 spiro atoms. The van der Waals surface area contributed by atoms with Crippen molar-refractivity contribution in [1.29, 1.82) is 0 Å². The molecule has 7 heteroatoms. The second-order valence-corrected chi connectivity index (χ2v) is 9.54. The van der Waals surface area contributed by atoms with E-state index in [1.165, 1.54) is 42.7 Å². The SMILES string of the molecule is CN(c1ccccc1)S(=O)(=O)c1ccc(C(=O)NCCCOC2CCCCC2)cc1. The van der Waals surface area contributed by atoms with Crippen LogP contribution >= 0.6 is 0 Å². The van der Waals surface area contributed by atoms with E-state index in [9.17, 15) is 13.2 Å². The highest BCUT2D eigenvalue weighted by Gasteiger charge is 2.21. The topological polar surface area (TPSA) is 75.7 Å². The molecular formula is C23H30N2O4S. The summed E-state index contributed by atoms with van der Waals surface area (Å²) in [7, 11) is -2.17. The molecule has 0 heterocycles. The summed E-state index contributed by atoms with van der Waals surface area (Å²) in [6, 6.07) is 14.9. The van der Waals surface area contributed by atoms with E-state index >= 15 is 0 Å². The number of sulfonamides is 1. The summed E-state index contributed by atoms with van der Waals surface area (Å²) in [5, 5.41) is 2.86. The van der Waals surface area contributed by atoms with Crippen LogP contribution in [0, 0.1) is 0 Å². The lowest BCUT2D eigenvalue weighted by Crippen LogP contribution is -2.27. The molecule has 0 aromatic heterocycles. The third kappa shape index (κ3) is 5.83. The first kappa shape index (κ1) is 22.3. The van der Waals surface area contributed by atoms with E-state index in [-0.39, 0.29) is 10.8 Å². The summed E-state index contributed by atoms with van der Waals surface area (Å²) in [5.74, 6) is -0.215. The van der Waals surface area contributed by atoms with Gasteiger partial charge >= 0.3 is 0 Å². The van der Waals surface area contributed by atoms with Crippen LogP contribution in [-0.4, -0.2) is 40.6 Å². The van der Waals surface area contributed by atoms with Gasteiger partial charge in [-0.15, -0.1) is 0 Å². The highest BCUT2D eigenvalue weighted by molar-refractivity contribution is 7.92. The number of hydrogen-bond acceptors (Lipinski definition) is 4. The van der Waals surface area contributed by atoms with E-state index in [2.05, 4.69) is 5.32 Å². The van der Waals surface area contributed by atoms with E-state index in [0.717, 1.165) is 19.3 Å². The van der Waals surface area contributed by atoms with Crippen LogP contribution in [0.25, 0.3) is 0 Å². The number of rotatable bonds is 9. The average molecular weight is 431 g/mol. The van der Waals surface area contributed by atoms with Gasteiger partial charge in [0.15, 0.2) is 0 Å². The molecule has 3 rings (SSSR count). The Hall–Kier alpha value is -2.38. The highest BCUT2D eigenvalue weighted by Crippen LogP contribution is 2.22. The zero-order valence-corrected chi connectivity index (χ0v) is 18.2. The van der Waals surface area contributed by atoms with Gasteiger partial charge in [0.05, 0.1) is 16.7 Å². The van der Waals surface area contributed by atoms with Gasteiger partial charge < -0.3 is 10.1 Å². The van der Waals surface area contributed by atoms with Crippen molar-refractivity contribution in [3.05, 3.63) is 60.2 Å². The number of anilines is 1. The fraction of sp³-hybridized carbons (Fsp3) is 0.435. The maximum atomic E-state index is 12.8. The first-order valence-electron chi connectivity index (χ1n) is 10.5. The quantitative estimate of drug-likeness (QED) is 0.611. The Morgan fingerprint density at radius 1 is 1.03 bits per heavy atom. The summed E-state index contributed by atoms with van der Waals surface area (Å²) in [6.07, 6.45) is 7.21. The molecule has 0 radical (unpaired) electrons. The van der Waals surface area contributed by atoms with Gasteiger partial charge in [-0.25, -0.2) is 8.42 Å². The summed E-state index contributed by atoms with van der Waals surface area (Å²) >= 11 is 0. The van der Waals surface area contributed by atoms with Crippen LogP contribution in [0.15, 0.2) is 59.5 Å². The molecule has 2 aromatic rings. The molecule has 0 saturated heterocycles. The molecule has 30 heavy (non-hydrogen) atoms. The average Bonchev–Trinajstić information content (AvgIpc) is 2.79. The van der Waals surface area contributed by atoms with Crippen molar-refractivity contribution < 1.29 is 17.9 Å². The van der Waals surface area contributed by atoms with E-state index in [1.54, 1.807) is 36.4 Å². The van der Waals surface area contributed by atoms with E-state index in [4.69, 9.17) is 4.74 Å². The van der Waals surface area contributed by atoms with Crippen LogP contribution in [0.1, 0.15) is 48.9 Å². The van der Waals surface area contributed by atoms with Gasteiger partial charge in [-0.05, 0) is 55.7 Å². The van der Waals surface area contributed by atoms with Gasteiger partial charge in [-0.3, -0.25) is 9.10 Å². The second-order valence-electron chi connectivity index (χ2n) is 7.57. The van der Waals surface area contributed by atoms with Crippen molar-refractivity contribution in [1.82, 2.24) is 5.32 Å². The van der Waals surface area contributed by atoms with Crippen molar-refractivity contribution in [2.75, 3.05) is 24.5 Å². The summed E-state index contributed by atoms with van der Waals surface area (Å²) < 4.78 is 32.7. The number of carbonyl (C=O) groups excluding carboxylic acids is 1. The number of nitrogens with one attached hydrogen (secondary N) is 1. The van der Waals surface area contributed by atoms with Crippen LogP contribution in [0.5, 0.6) is 0 Å². The fourth-order valence-electron chi connectivity index (χ4n) is 3.57. The standard InChI is InChI=1S/C23H30N2O4S/c1-25(20-9-4-2-5-10-20)30(27,28)22-15-13-19(14-16-22)23(26)24-17-8-18-29-21-11-6-3-7-12-21/h2,4-5,9-10,13-16,21H,3,6-8,11-12,17-18H2,1H3,(H,24,26). The number of amides is 1. The van der Waals surface area contributed by atoms with E-state index in [1.807, 2.05) is 6.07 Å². The molecule has 1 aliphatic carbocycles. The number of nitrogens with zero attached hydrogens (tertiary/aromatic N) is 1. The molecule has 1 aliphatic rings. The predicted octanol–water partition coefficient (Wildman–Crippen LogP) is 3.98. The van der Waals surface area contributed by atoms with Gasteiger partial charge in [0.2, 0.25) is 0 Å². The van der Waals surface area contributed by atoms with Crippen LogP contribution in [-0.2, 0) is 14.8 Å². The van der Waals surface area contributed by atoms with Crippen LogP contribution in [0.2, 0.25) is 0 Å². The first-order valence-corrected chi connectivity index (χ1v) is 12.0. The molecule has 0 unspecified atom stereocenters. The number of benzene rings is 2. The Balaban J connectivity index is 1.49. The smallest absolute Gasteiger partial charge is 0.264 e. The van der Waals surface area contributed by atoms with Crippen LogP contribution in [0.3, 0.4) is 0 Å². The number of ether oxygens (including phenoxy) is 1. The Morgan fingerprint density at radius 3 is 2.37 bits per heavy atom. The van der Waals surface area contributed by atoms with Crippen molar-refractivity contribution in [2.24, 2.45) is 0 Å². The van der Waals surface area contributed by atoms with Crippen molar-refractivity contribution in [3.8, 4) is 0 Å². The third-order valence-corrected chi connectivity index (χ3v) is 7.21. The van der Waals surface area contributed by atoms with E-state index < -0.39 is 10.0 Å². The molecule has 1 saturated carbocycles. The molecule has 6 nitrogen and oxygen atoms in total. The molecule has 0 aliphatic heterocycles. The predicted molar refractivity (Wildman–Crippen MR) is 118 cm³/mol. The lowest BCUT2D eigenvalue weighted by molar-refractivity contribution is 0.0273. The van der Waals surface area contributed by atoms with E-state index in [0.29, 0.717) is 30.5 Å². The monoisotopic (exact) mass is 430 g/mol. The van der Waals surface area contributed by atoms with Crippen molar-refractivity contribution >= 4 is 21.6 Å². The minimum atomic E-state index is -3.68. The summed E-state index contributed by atoms with van der Waals surface area (Å²) in [4.78, 5) is 12.5. The zero-order chi connectivity index (χ0) is 21.4. The lowest BCUT2D eigenvalue weighted by Gasteiger charge is -2.21. The van der Waals surface area contributed by atoms with Crippen molar-refractivity contribution in [3.63, 3.8) is 0 Å². The maximum Gasteiger partial charge on any atom is 0.264 e. The Bertz CT molecular complexity index is 908. The fourth-order valence-corrected chi connectivity index (χ4v) is 4.77. The van der Waals surface area contributed by atoms with Crippen molar-refractivity contribution in [2.45, 2.75) is 49.5 Å². The second kappa shape index (κ2) is 10.6. The molecule has 1 amide bonds. The molecule has 0 bridgehead atoms. The van der Waals surface area contributed by atoms with Gasteiger partial charge in [-0.2, -0.15) is 0 Å². The number of para-hydroxylation sites is 1. The maximum absolute atomic E-state index is 12.8. The molecule has 2 aromatic carbocycles. The number of carbonyl (C=O) groups is 1. The minimum Gasteiger partial charge on any atom is -0.378 e. The largest absolute Gasteiger partial charge is 0.378 e. The van der Waals surface area contributed by atoms with Gasteiger partial charge in [-0.1, -0.05) is 37.5 Å². The molecule has 1 fully saturated rings. The Morgan fingerprint density at radius 2 is 1.70 bits per heavy atom.